The molecule has 0 saturated heterocycles. The molecule has 0 aliphatic carbocycles. The fourth-order valence-electron chi connectivity index (χ4n) is 2.54. The van der Waals surface area contributed by atoms with Gasteiger partial charge in [0.2, 0.25) is 0 Å². The second-order valence-corrected chi connectivity index (χ2v) is 6.22. The number of nitro groups is 2. The van der Waals surface area contributed by atoms with Gasteiger partial charge in [0.25, 0.3) is 17.3 Å². The van der Waals surface area contributed by atoms with Gasteiger partial charge in [0.15, 0.2) is 0 Å². The first-order chi connectivity index (χ1) is 13.3. The summed E-state index contributed by atoms with van der Waals surface area (Å²) in [6, 6.07) is 10.4. The van der Waals surface area contributed by atoms with Crippen molar-refractivity contribution < 1.29 is 14.6 Å². The molecule has 0 atom stereocenters. The summed E-state index contributed by atoms with van der Waals surface area (Å²) in [7, 11) is 0. The van der Waals surface area contributed by atoms with Crippen LogP contribution in [0.1, 0.15) is 16.1 Å². The van der Waals surface area contributed by atoms with Crippen LogP contribution in [0.3, 0.4) is 0 Å². The number of amides is 1. The van der Waals surface area contributed by atoms with Gasteiger partial charge in [0.1, 0.15) is 11.3 Å². The summed E-state index contributed by atoms with van der Waals surface area (Å²) in [6.07, 6.45) is 0. The van der Waals surface area contributed by atoms with E-state index in [4.69, 9.17) is 11.6 Å². The van der Waals surface area contributed by atoms with Gasteiger partial charge in [-0.3, -0.25) is 30.1 Å². The number of carbonyl (C=O) groups is 1. The Morgan fingerprint density at radius 1 is 1.07 bits per heavy atom. The average Bonchev–Trinajstić information content (AvgIpc) is 3.13. The van der Waals surface area contributed by atoms with Gasteiger partial charge in [-0.1, -0.05) is 23.7 Å². The Labute approximate surface area is 162 Å². The van der Waals surface area contributed by atoms with E-state index in [2.05, 4.69) is 15.5 Å². The van der Waals surface area contributed by atoms with Crippen LogP contribution < -0.4 is 5.32 Å². The smallest absolute Gasteiger partial charge is 0.281 e. The van der Waals surface area contributed by atoms with Crippen molar-refractivity contribution in [2.75, 3.05) is 5.32 Å². The van der Waals surface area contributed by atoms with Crippen LogP contribution in [0.4, 0.5) is 17.1 Å². The molecule has 11 heteroatoms. The fourth-order valence-corrected chi connectivity index (χ4v) is 2.67. The van der Waals surface area contributed by atoms with E-state index in [0.29, 0.717) is 10.7 Å². The first kappa shape index (κ1) is 19.0. The molecule has 0 bridgehead atoms. The van der Waals surface area contributed by atoms with Crippen LogP contribution in [-0.4, -0.2) is 26.0 Å². The normalized spacial score (nSPS) is 10.5. The Balaban J connectivity index is 1.88. The summed E-state index contributed by atoms with van der Waals surface area (Å²) in [5, 5.41) is 31.8. The highest BCUT2D eigenvalue weighted by Crippen LogP contribution is 2.32. The highest BCUT2D eigenvalue weighted by Gasteiger charge is 2.24. The SMILES string of the molecule is Cc1c([N+](=O)[O-])cc(NC(=O)c2cc(-c3ccc(Cl)cc3)n[nH]2)cc1[N+](=O)[O-]. The Hall–Kier alpha value is -3.79. The number of nitro benzene ring substituents is 2. The molecule has 0 radical (unpaired) electrons. The molecule has 10 nitrogen and oxygen atoms in total. The number of rotatable bonds is 5. The third kappa shape index (κ3) is 3.81. The number of nitrogens with zero attached hydrogens (tertiary/aromatic N) is 3. The second-order valence-electron chi connectivity index (χ2n) is 5.78. The number of halogens is 1. The summed E-state index contributed by atoms with van der Waals surface area (Å²) >= 11 is 5.84. The Bertz CT molecular complexity index is 1060. The number of aromatic nitrogens is 2. The number of benzene rings is 2. The highest BCUT2D eigenvalue weighted by molar-refractivity contribution is 6.30. The van der Waals surface area contributed by atoms with Crippen molar-refractivity contribution in [1.82, 2.24) is 10.2 Å². The minimum absolute atomic E-state index is 0.0726. The van der Waals surface area contributed by atoms with E-state index < -0.39 is 27.1 Å². The fraction of sp³-hybridized carbons (Fsp3) is 0.0588. The zero-order valence-electron chi connectivity index (χ0n) is 14.3. The molecule has 1 amide bonds. The summed E-state index contributed by atoms with van der Waals surface area (Å²) in [4.78, 5) is 33.2. The summed E-state index contributed by atoms with van der Waals surface area (Å²) < 4.78 is 0. The van der Waals surface area contributed by atoms with Crippen molar-refractivity contribution in [3.8, 4) is 11.3 Å². The first-order valence-corrected chi connectivity index (χ1v) is 8.20. The van der Waals surface area contributed by atoms with Crippen LogP contribution in [-0.2, 0) is 0 Å². The largest absolute Gasteiger partial charge is 0.320 e. The number of nitrogens with one attached hydrogen (secondary N) is 2. The van der Waals surface area contributed by atoms with Crippen LogP contribution in [0, 0.1) is 27.2 Å². The van der Waals surface area contributed by atoms with Gasteiger partial charge in [0.05, 0.1) is 21.2 Å². The van der Waals surface area contributed by atoms with Gasteiger partial charge in [-0.2, -0.15) is 5.10 Å². The number of carbonyl (C=O) groups excluding carboxylic acids is 1. The van der Waals surface area contributed by atoms with Crippen LogP contribution >= 0.6 is 11.6 Å². The molecule has 3 aromatic rings. The molecule has 3 rings (SSSR count). The lowest BCUT2D eigenvalue weighted by Gasteiger charge is -2.06. The van der Waals surface area contributed by atoms with Crippen LogP contribution in [0.15, 0.2) is 42.5 Å². The number of hydrogen-bond acceptors (Lipinski definition) is 6. The molecule has 1 aromatic heterocycles. The predicted octanol–water partition coefficient (Wildman–Crippen LogP) is 4.11. The van der Waals surface area contributed by atoms with Gasteiger partial charge in [-0.25, -0.2) is 0 Å². The van der Waals surface area contributed by atoms with Crippen LogP contribution in [0.5, 0.6) is 0 Å². The maximum absolute atomic E-state index is 12.4. The number of hydrogen-bond donors (Lipinski definition) is 2. The molecule has 2 N–H and O–H groups in total. The molecule has 0 unspecified atom stereocenters. The minimum Gasteiger partial charge on any atom is -0.320 e. The third-order valence-corrected chi connectivity index (χ3v) is 4.22. The number of H-pyrrole nitrogens is 1. The van der Waals surface area contributed by atoms with Crippen molar-refractivity contribution in [3.63, 3.8) is 0 Å². The molecule has 142 valence electrons. The quantitative estimate of drug-likeness (QED) is 0.486. The van der Waals surface area contributed by atoms with E-state index in [-0.39, 0.29) is 16.9 Å². The summed E-state index contributed by atoms with van der Waals surface area (Å²) in [5.41, 5.74) is 0.197. The van der Waals surface area contributed by atoms with E-state index in [1.807, 2.05) is 0 Å². The molecule has 2 aromatic carbocycles. The van der Waals surface area contributed by atoms with Gasteiger partial charge in [0, 0.05) is 22.7 Å². The molecule has 0 aliphatic rings. The van der Waals surface area contributed by atoms with Crippen molar-refractivity contribution in [2.45, 2.75) is 6.92 Å². The summed E-state index contributed by atoms with van der Waals surface area (Å²) in [5.74, 6) is -0.653. The molecule has 0 spiro atoms. The maximum Gasteiger partial charge on any atom is 0.281 e. The molecule has 0 aliphatic heterocycles. The van der Waals surface area contributed by atoms with Crippen molar-refractivity contribution >= 4 is 34.6 Å². The lowest BCUT2D eigenvalue weighted by atomic mass is 10.1. The molecule has 1 heterocycles. The molecule has 28 heavy (non-hydrogen) atoms. The molecular formula is C17H12ClN5O5. The highest BCUT2D eigenvalue weighted by atomic mass is 35.5. The van der Waals surface area contributed by atoms with Gasteiger partial charge in [-0.15, -0.1) is 0 Å². The molecular weight excluding hydrogens is 390 g/mol. The average molecular weight is 402 g/mol. The van der Waals surface area contributed by atoms with Crippen molar-refractivity contribution in [3.05, 3.63) is 79.0 Å². The monoisotopic (exact) mass is 401 g/mol. The Kier molecular flexibility index (Phi) is 5.05. The Morgan fingerprint density at radius 2 is 1.64 bits per heavy atom. The zero-order valence-corrected chi connectivity index (χ0v) is 15.1. The minimum atomic E-state index is -0.743. The number of aromatic amines is 1. The predicted molar refractivity (Wildman–Crippen MR) is 101 cm³/mol. The third-order valence-electron chi connectivity index (χ3n) is 3.97. The zero-order chi connectivity index (χ0) is 20.4. The lowest BCUT2D eigenvalue weighted by Crippen LogP contribution is -2.13. The van der Waals surface area contributed by atoms with E-state index in [0.717, 1.165) is 17.7 Å². The van der Waals surface area contributed by atoms with Gasteiger partial charge >= 0.3 is 0 Å². The van der Waals surface area contributed by atoms with E-state index in [1.165, 1.54) is 13.0 Å². The van der Waals surface area contributed by atoms with Crippen molar-refractivity contribution in [1.29, 1.82) is 0 Å². The van der Waals surface area contributed by atoms with Crippen LogP contribution in [0.25, 0.3) is 11.3 Å². The topological polar surface area (TPSA) is 144 Å². The molecule has 0 fully saturated rings. The van der Waals surface area contributed by atoms with Crippen molar-refractivity contribution in [2.24, 2.45) is 0 Å². The Morgan fingerprint density at radius 3 is 2.18 bits per heavy atom. The lowest BCUT2D eigenvalue weighted by molar-refractivity contribution is -0.395. The van der Waals surface area contributed by atoms with Crippen LogP contribution in [0.2, 0.25) is 5.02 Å². The van der Waals surface area contributed by atoms with E-state index in [1.54, 1.807) is 24.3 Å². The maximum atomic E-state index is 12.4. The van der Waals surface area contributed by atoms with Gasteiger partial charge < -0.3 is 5.32 Å². The number of anilines is 1. The standard InChI is InChI=1S/C17H12ClN5O5/c1-9-15(22(25)26)6-12(7-16(9)23(27)28)19-17(24)14-8-13(20-21-14)10-2-4-11(18)5-3-10/h2-8H,1H3,(H,19,24)(H,20,21). The van der Waals surface area contributed by atoms with Gasteiger partial charge in [-0.05, 0) is 25.1 Å². The summed E-state index contributed by atoms with van der Waals surface area (Å²) in [6.45, 7) is 1.27. The first-order valence-electron chi connectivity index (χ1n) is 7.82. The second kappa shape index (κ2) is 7.45. The van der Waals surface area contributed by atoms with E-state index >= 15 is 0 Å². The molecule has 0 saturated carbocycles. The van der Waals surface area contributed by atoms with E-state index in [9.17, 15) is 25.0 Å².